The molecule has 172 valence electrons. The van der Waals surface area contributed by atoms with Crippen LogP contribution in [0.3, 0.4) is 0 Å². The lowest BCUT2D eigenvalue weighted by molar-refractivity contribution is -0.153. The van der Waals surface area contributed by atoms with E-state index in [1.54, 1.807) is 19.2 Å². The molecule has 1 fully saturated rings. The first kappa shape index (κ1) is 26.8. The van der Waals surface area contributed by atoms with Crippen molar-refractivity contribution in [3.8, 4) is 5.75 Å². The van der Waals surface area contributed by atoms with Gasteiger partial charge in [0.1, 0.15) is 5.75 Å². The molecule has 1 saturated heterocycles. The molecule has 2 N–H and O–H groups in total. The molecule has 6 nitrogen and oxygen atoms in total. The van der Waals surface area contributed by atoms with Gasteiger partial charge < -0.3 is 24.8 Å². The van der Waals surface area contributed by atoms with Crippen LogP contribution in [-0.2, 0) is 16.0 Å². The second kappa shape index (κ2) is 14.7. The average molecular weight is 545 g/mol. The van der Waals surface area contributed by atoms with Crippen molar-refractivity contribution in [2.45, 2.75) is 32.0 Å². The first-order valence-corrected chi connectivity index (χ1v) is 9.85. The molecule has 0 unspecified atom stereocenters. The average Bonchev–Trinajstić information content (AvgIpc) is 2.72. The Bertz CT molecular complexity index is 627. The zero-order valence-corrected chi connectivity index (χ0v) is 19.5. The lowest BCUT2D eigenvalue weighted by Crippen LogP contribution is -2.37. The van der Waals surface area contributed by atoms with Crippen LogP contribution in [-0.4, -0.2) is 58.8 Å². The fourth-order valence-corrected chi connectivity index (χ4v) is 2.86. The molecule has 0 aliphatic carbocycles. The first-order valence-electron chi connectivity index (χ1n) is 9.85. The van der Waals surface area contributed by atoms with Gasteiger partial charge in [-0.3, -0.25) is 4.99 Å². The molecule has 0 bridgehead atoms. The third kappa shape index (κ3) is 11.8. The van der Waals surface area contributed by atoms with E-state index in [4.69, 9.17) is 14.2 Å². The molecule has 0 saturated carbocycles. The van der Waals surface area contributed by atoms with Gasteiger partial charge in [-0.1, -0.05) is 12.1 Å². The first-order chi connectivity index (χ1) is 14.0. The summed E-state index contributed by atoms with van der Waals surface area (Å²) < 4.78 is 52.6. The molecule has 1 aromatic carbocycles. The van der Waals surface area contributed by atoms with E-state index < -0.39 is 12.8 Å². The van der Waals surface area contributed by atoms with Gasteiger partial charge in [-0.25, -0.2) is 0 Å². The van der Waals surface area contributed by atoms with Crippen LogP contribution in [0.4, 0.5) is 13.2 Å². The van der Waals surface area contributed by atoms with Crippen molar-refractivity contribution < 1.29 is 27.4 Å². The van der Waals surface area contributed by atoms with Crippen molar-refractivity contribution in [1.82, 2.24) is 10.6 Å². The summed E-state index contributed by atoms with van der Waals surface area (Å²) in [6, 6.07) is 6.55. The van der Waals surface area contributed by atoms with E-state index in [9.17, 15) is 13.2 Å². The molecular weight excluding hydrogens is 514 g/mol. The predicted octanol–water partition coefficient (Wildman–Crippen LogP) is 3.74. The van der Waals surface area contributed by atoms with Crippen molar-refractivity contribution >= 4 is 29.9 Å². The second-order valence-corrected chi connectivity index (χ2v) is 6.89. The second-order valence-electron chi connectivity index (χ2n) is 6.89. The number of benzene rings is 1. The summed E-state index contributed by atoms with van der Waals surface area (Å²) in [6.07, 6.45) is -1.37. The van der Waals surface area contributed by atoms with E-state index in [1.807, 2.05) is 6.07 Å². The summed E-state index contributed by atoms with van der Waals surface area (Å²) in [7, 11) is 1.67. The number of hydrogen-bond acceptors (Lipinski definition) is 4. The van der Waals surface area contributed by atoms with Crippen LogP contribution < -0.4 is 15.4 Å². The minimum absolute atomic E-state index is 0. The lowest BCUT2D eigenvalue weighted by atomic mass is 10.0. The quantitative estimate of drug-likeness (QED) is 0.203. The molecule has 0 amide bonds. The highest BCUT2D eigenvalue weighted by molar-refractivity contribution is 14.0. The number of alkyl halides is 3. The van der Waals surface area contributed by atoms with E-state index in [-0.39, 0.29) is 29.7 Å². The molecule has 0 aromatic heterocycles. The van der Waals surface area contributed by atoms with Crippen molar-refractivity contribution in [2.75, 3.05) is 46.6 Å². The highest BCUT2D eigenvalue weighted by Gasteiger charge is 2.28. The Hall–Kier alpha value is -1.27. The van der Waals surface area contributed by atoms with E-state index >= 15 is 0 Å². The van der Waals surface area contributed by atoms with Crippen LogP contribution in [0, 0.1) is 5.92 Å². The fraction of sp³-hybridized carbons (Fsp3) is 0.650. The Morgan fingerprint density at radius 2 is 2.00 bits per heavy atom. The summed E-state index contributed by atoms with van der Waals surface area (Å²) in [5.74, 6) is 1.41. The smallest absolute Gasteiger partial charge is 0.422 e. The SMILES string of the molecule is CN=C(NCCCOCC1CCOCC1)NCc1cccc(OCC(F)(F)F)c1.I. The van der Waals surface area contributed by atoms with Gasteiger partial charge >= 0.3 is 6.18 Å². The van der Waals surface area contributed by atoms with E-state index in [1.165, 1.54) is 6.07 Å². The van der Waals surface area contributed by atoms with Gasteiger partial charge in [0, 0.05) is 46.6 Å². The van der Waals surface area contributed by atoms with Crippen LogP contribution >= 0.6 is 24.0 Å². The number of rotatable bonds is 10. The number of nitrogens with one attached hydrogen (secondary N) is 2. The largest absolute Gasteiger partial charge is 0.484 e. The minimum Gasteiger partial charge on any atom is -0.484 e. The third-order valence-corrected chi connectivity index (χ3v) is 4.44. The molecule has 30 heavy (non-hydrogen) atoms. The fourth-order valence-electron chi connectivity index (χ4n) is 2.86. The van der Waals surface area contributed by atoms with Gasteiger partial charge in [0.05, 0.1) is 0 Å². The number of ether oxygens (including phenoxy) is 3. The standard InChI is InChI=1S/C20H30F3N3O3.HI/c1-24-19(25-8-3-9-28-14-16-6-10-27-11-7-16)26-13-17-4-2-5-18(12-17)29-15-20(21,22)23;/h2,4-5,12,16H,3,6-11,13-15H2,1H3,(H2,24,25,26);1H. The number of guanidine groups is 1. The van der Waals surface area contributed by atoms with Crippen molar-refractivity contribution in [1.29, 1.82) is 0 Å². The van der Waals surface area contributed by atoms with Gasteiger partial charge in [-0.05, 0) is 42.9 Å². The normalized spacial score (nSPS) is 15.4. The summed E-state index contributed by atoms with van der Waals surface area (Å²) in [5, 5.41) is 6.33. The van der Waals surface area contributed by atoms with Crippen LogP contribution in [0.5, 0.6) is 5.75 Å². The molecule has 1 aromatic rings. The van der Waals surface area contributed by atoms with Gasteiger partial charge in [-0.2, -0.15) is 13.2 Å². The summed E-state index contributed by atoms with van der Waals surface area (Å²) >= 11 is 0. The number of nitrogens with zero attached hydrogens (tertiary/aromatic N) is 1. The molecular formula is C20H31F3IN3O3. The molecule has 0 spiro atoms. The Labute approximate surface area is 193 Å². The van der Waals surface area contributed by atoms with Crippen molar-refractivity contribution in [3.63, 3.8) is 0 Å². The Morgan fingerprint density at radius 3 is 2.70 bits per heavy atom. The van der Waals surface area contributed by atoms with Gasteiger partial charge in [-0.15, -0.1) is 24.0 Å². The zero-order valence-electron chi connectivity index (χ0n) is 17.2. The van der Waals surface area contributed by atoms with Crippen molar-refractivity contribution in [2.24, 2.45) is 10.9 Å². The number of halogens is 4. The monoisotopic (exact) mass is 545 g/mol. The van der Waals surface area contributed by atoms with Gasteiger partial charge in [0.25, 0.3) is 0 Å². The number of hydrogen-bond donors (Lipinski definition) is 2. The maximum absolute atomic E-state index is 12.3. The molecule has 2 rings (SSSR count). The molecule has 0 radical (unpaired) electrons. The van der Waals surface area contributed by atoms with E-state index in [0.29, 0.717) is 31.6 Å². The van der Waals surface area contributed by atoms with Crippen LogP contribution in [0.15, 0.2) is 29.3 Å². The number of aliphatic imine (C=N–C) groups is 1. The van der Waals surface area contributed by atoms with Gasteiger partial charge in [0.15, 0.2) is 12.6 Å². The molecule has 1 aliphatic rings. The highest BCUT2D eigenvalue weighted by Crippen LogP contribution is 2.19. The minimum atomic E-state index is -4.35. The highest BCUT2D eigenvalue weighted by atomic mass is 127. The van der Waals surface area contributed by atoms with Crippen molar-refractivity contribution in [3.05, 3.63) is 29.8 Å². The lowest BCUT2D eigenvalue weighted by Gasteiger charge is -2.21. The summed E-state index contributed by atoms with van der Waals surface area (Å²) in [5.41, 5.74) is 0.799. The Balaban J connectivity index is 0.00000450. The van der Waals surface area contributed by atoms with Crippen LogP contribution in [0.25, 0.3) is 0 Å². The molecule has 1 heterocycles. The Morgan fingerprint density at radius 1 is 1.23 bits per heavy atom. The summed E-state index contributed by atoms with van der Waals surface area (Å²) in [4.78, 5) is 4.15. The molecule has 0 atom stereocenters. The van der Waals surface area contributed by atoms with Crippen LogP contribution in [0.2, 0.25) is 0 Å². The Kier molecular flexibility index (Phi) is 13.1. The zero-order chi connectivity index (χ0) is 21.0. The maximum atomic E-state index is 12.3. The maximum Gasteiger partial charge on any atom is 0.422 e. The van der Waals surface area contributed by atoms with E-state index in [2.05, 4.69) is 15.6 Å². The van der Waals surface area contributed by atoms with E-state index in [0.717, 1.165) is 44.6 Å². The van der Waals surface area contributed by atoms with Gasteiger partial charge in [0.2, 0.25) is 0 Å². The summed E-state index contributed by atoms with van der Waals surface area (Å²) in [6.45, 7) is 2.95. The third-order valence-electron chi connectivity index (χ3n) is 4.44. The molecule has 10 heteroatoms. The molecule has 1 aliphatic heterocycles. The topological polar surface area (TPSA) is 64.1 Å². The predicted molar refractivity (Wildman–Crippen MR) is 121 cm³/mol. The van der Waals surface area contributed by atoms with Crippen LogP contribution in [0.1, 0.15) is 24.8 Å².